The van der Waals surface area contributed by atoms with E-state index in [4.69, 9.17) is 5.11 Å². The third-order valence-electron chi connectivity index (χ3n) is 4.00. The van der Waals surface area contributed by atoms with Crippen LogP contribution in [0.15, 0.2) is 0 Å². The van der Waals surface area contributed by atoms with Crippen LogP contribution in [0.1, 0.15) is 46.0 Å². The minimum absolute atomic E-state index is 0.124. The van der Waals surface area contributed by atoms with Crippen molar-refractivity contribution < 1.29 is 14.7 Å². The van der Waals surface area contributed by atoms with Crippen molar-refractivity contribution in [2.24, 2.45) is 11.8 Å². The highest BCUT2D eigenvalue weighted by atomic mass is 16.4. The van der Waals surface area contributed by atoms with E-state index in [1.165, 1.54) is 0 Å². The zero-order chi connectivity index (χ0) is 15.0. The number of carbonyl (C=O) groups is 2. The van der Waals surface area contributed by atoms with Gasteiger partial charge in [0.1, 0.15) is 0 Å². The number of nitrogens with one attached hydrogen (secondary N) is 1. The third-order valence-corrected chi connectivity index (χ3v) is 4.00. The molecule has 0 spiro atoms. The average Bonchev–Trinajstić information content (AvgIpc) is 2.87. The zero-order valence-electron chi connectivity index (χ0n) is 12.7. The molecule has 2 unspecified atom stereocenters. The molecule has 1 rings (SSSR count). The van der Waals surface area contributed by atoms with Gasteiger partial charge in [0, 0.05) is 13.1 Å². The second kappa shape index (κ2) is 8.95. The molecule has 1 aliphatic carbocycles. The molecule has 5 heteroatoms. The largest absolute Gasteiger partial charge is 0.481 e. The predicted octanol–water partition coefficient (Wildman–Crippen LogP) is 1.73. The predicted molar refractivity (Wildman–Crippen MR) is 78.5 cm³/mol. The van der Waals surface area contributed by atoms with Gasteiger partial charge in [0.05, 0.1) is 12.5 Å². The van der Waals surface area contributed by atoms with Gasteiger partial charge in [-0.05, 0) is 38.1 Å². The maximum atomic E-state index is 12.1. The summed E-state index contributed by atoms with van der Waals surface area (Å²) in [7, 11) is 0. The number of nitrogens with zero attached hydrogens (tertiary/aromatic N) is 1. The van der Waals surface area contributed by atoms with Gasteiger partial charge < -0.3 is 15.3 Å². The van der Waals surface area contributed by atoms with Crippen LogP contribution in [0.2, 0.25) is 0 Å². The summed E-state index contributed by atoms with van der Waals surface area (Å²) in [5, 5.41) is 12.3. The van der Waals surface area contributed by atoms with Gasteiger partial charge >= 0.3 is 5.97 Å². The molecule has 2 N–H and O–H groups in total. The van der Waals surface area contributed by atoms with Crippen LogP contribution in [0.3, 0.4) is 0 Å². The second-order valence-electron chi connectivity index (χ2n) is 5.65. The molecule has 2 atom stereocenters. The number of carbonyl (C=O) groups excluding carboxylic acids is 1. The van der Waals surface area contributed by atoms with Crippen LogP contribution < -0.4 is 5.32 Å². The van der Waals surface area contributed by atoms with E-state index < -0.39 is 5.97 Å². The van der Waals surface area contributed by atoms with Crippen molar-refractivity contribution in [1.82, 2.24) is 10.2 Å². The first-order valence-electron chi connectivity index (χ1n) is 7.81. The Morgan fingerprint density at radius 3 is 2.40 bits per heavy atom. The van der Waals surface area contributed by atoms with Gasteiger partial charge in [-0.25, -0.2) is 0 Å². The second-order valence-corrected chi connectivity index (χ2v) is 5.65. The lowest BCUT2D eigenvalue weighted by Gasteiger charge is -2.22. The van der Waals surface area contributed by atoms with Gasteiger partial charge in [-0.3, -0.25) is 9.59 Å². The van der Waals surface area contributed by atoms with E-state index in [0.29, 0.717) is 13.1 Å². The summed E-state index contributed by atoms with van der Waals surface area (Å²) in [6.45, 7) is 6.70. The lowest BCUT2D eigenvalue weighted by atomic mass is 9.96. The molecule has 1 aliphatic rings. The van der Waals surface area contributed by atoms with E-state index in [-0.39, 0.29) is 17.7 Å². The summed E-state index contributed by atoms with van der Waals surface area (Å²) in [5.41, 5.74) is 0. The summed E-state index contributed by atoms with van der Waals surface area (Å²) < 4.78 is 0. The van der Waals surface area contributed by atoms with Crippen LogP contribution in [0.4, 0.5) is 0 Å². The fourth-order valence-electron chi connectivity index (χ4n) is 2.98. The van der Waals surface area contributed by atoms with Gasteiger partial charge in [0.2, 0.25) is 5.91 Å². The van der Waals surface area contributed by atoms with Crippen molar-refractivity contribution in [3.8, 4) is 0 Å². The SMILES string of the molecule is CCCN(CCC)C(=O)CNCC1CCCC1C(=O)O. The van der Waals surface area contributed by atoms with Crippen LogP contribution in [0.25, 0.3) is 0 Å². The topological polar surface area (TPSA) is 69.6 Å². The van der Waals surface area contributed by atoms with Gasteiger partial charge in [-0.2, -0.15) is 0 Å². The molecule has 0 aromatic heterocycles. The van der Waals surface area contributed by atoms with Crippen LogP contribution in [0, 0.1) is 11.8 Å². The molecule has 0 heterocycles. The first kappa shape index (κ1) is 17.0. The van der Waals surface area contributed by atoms with Crippen molar-refractivity contribution in [1.29, 1.82) is 0 Å². The lowest BCUT2D eigenvalue weighted by molar-refractivity contribution is -0.142. The average molecular weight is 284 g/mol. The fraction of sp³-hybridized carbons (Fsp3) is 0.867. The Balaban J connectivity index is 2.31. The Morgan fingerprint density at radius 1 is 1.20 bits per heavy atom. The Hall–Kier alpha value is -1.10. The maximum absolute atomic E-state index is 12.1. The van der Waals surface area contributed by atoms with Gasteiger partial charge in [-0.1, -0.05) is 20.3 Å². The zero-order valence-corrected chi connectivity index (χ0v) is 12.7. The number of hydrogen-bond acceptors (Lipinski definition) is 3. The van der Waals surface area contributed by atoms with Crippen molar-refractivity contribution in [2.75, 3.05) is 26.2 Å². The summed E-state index contributed by atoms with van der Waals surface area (Å²) in [5.74, 6) is -0.635. The molecular weight excluding hydrogens is 256 g/mol. The lowest BCUT2D eigenvalue weighted by Crippen LogP contribution is -2.41. The molecule has 0 aromatic rings. The van der Waals surface area contributed by atoms with E-state index in [2.05, 4.69) is 19.2 Å². The summed E-state index contributed by atoms with van der Waals surface area (Å²) in [6.07, 6.45) is 4.64. The van der Waals surface area contributed by atoms with Gasteiger partial charge in [0.15, 0.2) is 0 Å². The Labute approximate surface area is 121 Å². The number of rotatable bonds is 9. The first-order valence-corrected chi connectivity index (χ1v) is 7.81. The van der Waals surface area contributed by atoms with E-state index in [1.54, 1.807) is 0 Å². The maximum Gasteiger partial charge on any atom is 0.306 e. The van der Waals surface area contributed by atoms with E-state index in [9.17, 15) is 9.59 Å². The number of aliphatic carboxylic acids is 1. The molecule has 20 heavy (non-hydrogen) atoms. The quantitative estimate of drug-likeness (QED) is 0.676. The van der Waals surface area contributed by atoms with Gasteiger partial charge in [-0.15, -0.1) is 0 Å². The normalized spacial score (nSPS) is 21.9. The third kappa shape index (κ3) is 5.12. The van der Waals surface area contributed by atoms with E-state index in [0.717, 1.165) is 45.2 Å². The smallest absolute Gasteiger partial charge is 0.306 e. The van der Waals surface area contributed by atoms with E-state index in [1.807, 2.05) is 4.90 Å². The Morgan fingerprint density at radius 2 is 1.85 bits per heavy atom. The van der Waals surface area contributed by atoms with Crippen LogP contribution in [0.5, 0.6) is 0 Å². The minimum Gasteiger partial charge on any atom is -0.481 e. The highest BCUT2D eigenvalue weighted by molar-refractivity contribution is 5.78. The van der Waals surface area contributed by atoms with E-state index >= 15 is 0 Å². The van der Waals surface area contributed by atoms with Crippen LogP contribution >= 0.6 is 0 Å². The number of carboxylic acid groups (broad SMARTS) is 1. The highest BCUT2D eigenvalue weighted by Crippen LogP contribution is 2.31. The van der Waals surface area contributed by atoms with Crippen LogP contribution in [-0.2, 0) is 9.59 Å². The summed E-state index contributed by atoms with van der Waals surface area (Å²) in [6, 6.07) is 0. The molecule has 1 saturated carbocycles. The van der Waals surface area contributed by atoms with Gasteiger partial charge in [0.25, 0.3) is 0 Å². The summed E-state index contributed by atoms with van der Waals surface area (Å²) >= 11 is 0. The molecule has 0 aromatic carbocycles. The molecule has 0 radical (unpaired) electrons. The van der Waals surface area contributed by atoms with Crippen LogP contribution in [-0.4, -0.2) is 48.1 Å². The monoisotopic (exact) mass is 284 g/mol. The summed E-state index contributed by atoms with van der Waals surface area (Å²) in [4.78, 5) is 25.0. The molecule has 1 amide bonds. The number of hydrogen-bond donors (Lipinski definition) is 2. The molecular formula is C15H28N2O3. The Kier molecular flexibility index (Phi) is 7.59. The van der Waals surface area contributed by atoms with Crippen molar-refractivity contribution in [3.63, 3.8) is 0 Å². The molecule has 0 saturated heterocycles. The number of carboxylic acids is 1. The minimum atomic E-state index is -0.695. The standard InChI is InChI=1S/C15H28N2O3/c1-3-8-17(9-4-2)14(18)11-16-10-12-6-5-7-13(12)15(19)20/h12-13,16H,3-11H2,1-2H3,(H,19,20). The van der Waals surface area contributed by atoms with Crippen molar-refractivity contribution in [3.05, 3.63) is 0 Å². The molecule has 1 fully saturated rings. The Bertz CT molecular complexity index is 314. The van der Waals surface area contributed by atoms with Crippen molar-refractivity contribution in [2.45, 2.75) is 46.0 Å². The van der Waals surface area contributed by atoms with Crippen molar-refractivity contribution >= 4 is 11.9 Å². The molecule has 116 valence electrons. The molecule has 0 bridgehead atoms. The highest BCUT2D eigenvalue weighted by Gasteiger charge is 2.32. The first-order chi connectivity index (χ1) is 9.60. The molecule has 5 nitrogen and oxygen atoms in total. The fourth-order valence-corrected chi connectivity index (χ4v) is 2.98. The number of amides is 1. The molecule has 0 aliphatic heterocycles.